The summed E-state index contributed by atoms with van der Waals surface area (Å²) in [5, 5.41) is 3.66. The van der Waals surface area contributed by atoms with Crippen LogP contribution in [-0.2, 0) is 0 Å². The molecule has 2 nitrogen and oxygen atoms in total. The molecular weight excluding hydrogens is 222 g/mol. The van der Waals surface area contributed by atoms with Gasteiger partial charge in [-0.3, -0.25) is 0 Å². The van der Waals surface area contributed by atoms with Gasteiger partial charge in [0.15, 0.2) is 5.76 Å². The van der Waals surface area contributed by atoms with E-state index < -0.39 is 0 Å². The molecule has 0 atom stereocenters. The summed E-state index contributed by atoms with van der Waals surface area (Å²) in [5.41, 5.74) is 1.98. The van der Waals surface area contributed by atoms with Gasteiger partial charge in [-0.05, 0) is 24.3 Å². The fourth-order valence-electron chi connectivity index (χ4n) is 1.29. The number of halogens is 1. The highest BCUT2D eigenvalue weighted by Gasteiger charge is 1.99. The summed E-state index contributed by atoms with van der Waals surface area (Å²) in [7, 11) is 0. The van der Waals surface area contributed by atoms with Crippen LogP contribution in [0.5, 0.6) is 0 Å². The van der Waals surface area contributed by atoms with Crippen LogP contribution in [0.25, 0.3) is 11.3 Å². The third-order valence-corrected chi connectivity index (χ3v) is 2.25. The number of nitrogens with zero attached hydrogens (tertiary/aromatic N) is 1. The fourth-order valence-corrected chi connectivity index (χ4v) is 1.39. The van der Waals surface area contributed by atoms with E-state index in [0.29, 0.717) is 12.3 Å². The van der Waals surface area contributed by atoms with Gasteiger partial charge < -0.3 is 4.52 Å². The normalized spacial score (nSPS) is 9.56. The molecule has 0 amide bonds. The van der Waals surface area contributed by atoms with E-state index in [9.17, 15) is 0 Å². The maximum atomic E-state index is 5.54. The predicted molar refractivity (Wildman–Crippen MR) is 64.2 cm³/mol. The molecule has 1 heterocycles. The van der Waals surface area contributed by atoms with Crippen LogP contribution < -0.4 is 0 Å². The number of hydrogen-bond acceptors (Lipinski definition) is 2. The summed E-state index contributed by atoms with van der Waals surface area (Å²) in [4.78, 5) is 0. The van der Waals surface area contributed by atoms with Crippen LogP contribution in [-0.4, -0.2) is 11.0 Å². The molecule has 0 aliphatic rings. The molecule has 3 heteroatoms. The van der Waals surface area contributed by atoms with Crippen molar-refractivity contribution < 1.29 is 4.52 Å². The van der Waals surface area contributed by atoms with Crippen molar-refractivity contribution in [3.05, 3.63) is 42.1 Å². The SMILES string of the molecule is ClCCC#Cc1ccc(-c2ccno2)cc1. The fraction of sp³-hybridized carbons (Fsp3) is 0.154. The summed E-state index contributed by atoms with van der Waals surface area (Å²) < 4.78 is 5.05. The molecule has 0 aliphatic carbocycles. The Kier molecular flexibility index (Phi) is 3.63. The van der Waals surface area contributed by atoms with E-state index in [4.69, 9.17) is 16.1 Å². The number of hydrogen-bond donors (Lipinski definition) is 0. The Morgan fingerprint density at radius 2 is 2.00 bits per heavy atom. The molecule has 1 aromatic carbocycles. The molecule has 2 rings (SSSR count). The average molecular weight is 232 g/mol. The summed E-state index contributed by atoms with van der Waals surface area (Å²) in [5.74, 6) is 7.36. The van der Waals surface area contributed by atoms with Crippen molar-refractivity contribution in [1.29, 1.82) is 0 Å². The molecule has 80 valence electrons. The zero-order chi connectivity index (χ0) is 11.2. The predicted octanol–water partition coefficient (Wildman–Crippen LogP) is 3.32. The molecule has 0 fully saturated rings. The van der Waals surface area contributed by atoms with Gasteiger partial charge in [0.25, 0.3) is 0 Å². The minimum atomic E-state index is 0.573. The van der Waals surface area contributed by atoms with E-state index in [2.05, 4.69) is 17.0 Å². The summed E-state index contributed by atoms with van der Waals surface area (Å²) in [6.45, 7) is 0. The molecule has 0 bridgehead atoms. The van der Waals surface area contributed by atoms with Gasteiger partial charge >= 0.3 is 0 Å². The Morgan fingerprint density at radius 1 is 1.19 bits per heavy atom. The summed E-state index contributed by atoms with van der Waals surface area (Å²) in [6.07, 6.45) is 2.34. The Hall–Kier alpha value is -1.72. The van der Waals surface area contributed by atoms with Crippen molar-refractivity contribution in [2.75, 3.05) is 5.88 Å². The number of alkyl halides is 1. The Labute approximate surface area is 99.2 Å². The van der Waals surface area contributed by atoms with E-state index in [-0.39, 0.29) is 0 Å². The van der Waals surface area contributed by atoms with Gasteiger partial charge in [-0.2, -0.15) is 0 Å². The maximum Gasteiger partial charge on any atom is 0.166 e. The van der Waals surface area contributed by atoms with Crippen molar-refractivity contribution in [2.45, 2.75) is 6.42 Å². The zero-order valence-electron chi connectivity index (χ0n) is 8.61. The highest BCUT2D eigenvalue weighted by atomic mass is 35.5. The van der Waals surface area contributed by atoms with Crippen LogP contribution >= 0.6 is 11.6 Å². The van der Waals surface area contributed by atoms with Crippen LogP contribution in [0.4, 0.5) is 0 Å². The average Bonchev–Trinajstić information content (AvgIpc) is 2.84. The second-order valence-corrected chi connectivity index (χ2v) is 3.57. The molecule has 0 N–H and O–H groups in total. The van der Waals surface area contributed by atoms with E-state index in [0.717, 1.165) is 16.9 Å². The van der Waals surface area contributed by atoms with Crippen molar-refractivity contribution in [3.63, 3.8) is 0 Å². The lowest BCUT2D eigenvalue weighted by atomic mass is 10.1. The topological polar surface area (TPSA) is 26.0 Å². The largest absolute Gasteiger partial charge is 0.356 e. The van der Waals surface area contributed by atoms with Crippen molar-refractivity contribution in [3.8, 4) is 23.2 Å². The van der Waals surface area contributed by atoms with Gasteiger partial charge in [-0.15, -0.1) is 11.6 Å². The van der Waals surface area contributed by atoms with Gasteiger partial charge in [0.05, 0.1) is 6.20 Å². The molecule has 0 saturated heterocycles. The summed E-state index contributed by atoms with van der Waals surface area (Å²) in [6, 6.07) is 9.67. The first-order valence-electron chi connectivity index (χ1n) is 4.96. The molecule has 0 spiro atoms. The Balaban J connectivity index is 2.15. The lowest BCUT2D eigenvalue weighted by Crippen LogP contribution is -1.77. The van der Waals surface area contributed by atoms with Crippen molar-refractivity contribution in [1.82, 2.24) is 5.16 Å². The van der Waals surface area contributed by atoms with Crippen LogP contribution in [0.15, 0.2) is 41.1 Å². The van der Waals surface area contributed by atoms with Crippen LogP contribution in [0.3, 0.4) is 0 Å². The lowest BCUT2D eigenvalue weighted by molar-refractivity contribution is 0.432. The molecule has 0 aliphatic heterocycles. The Bertz CT molecular complexity index is 491. The van der Waals surface area contributed by atoms with Gasteiger partial charge in [-0.1, -0.05) is 17.0 Å². The van der Waals surface area contributed by atoms with Crippen molar-refractivity contribution in [2.24, 2.45) is 0 Å². The van der Waals surface area contributed by atoms with E-state index in [1.165, 1.54) is 0 Å². The van der Waals surface area contributed by atoms with Crippen molar-refractivity contribution >= 4 is 11.6 Å². The molecule has 0 unspecified atom stereocenters. The first kappa shape index (κ1) is 10.8. The zero-order valence-corrected chi connectivity index (χ0v) is 9.37. The third-order valence-electron chi connectivity index (χ3n) is 2.06. The molecule has 16 heavy (non-hydrogen) atoms. The molecule has 0 saturated carbocycles. The van der Waals surface area contributed by atoms with Crippen LogP contribution in [0.2, 0.25) is 0 Å². The van der Waals surface area contributed by atoms with E-state index >= 15 is 0 Å². The summed E-state index contributed by atoms with van der Waals surface area (Å²) >= 11 is 5.54. The first-order chi connectivity index (χ1) is 7.90. The van der Waals surface area contributed by atoms with Gasteiger partial charge in [-0.25, -0.2) is 0 Å². The molecule has 2 aromatic rings. The van der Waals surface area contributed by atoms with E-state index in [1.54, 1.807) is 6.20 Å². The second kappa shape index (κ2) is 5.39. The molecule has 1 aromatic heterocycles. The highest BCUT2D eigenvalue weighted by Crippen LogP contribution is 2.18. The maximum absolute atomic E-state index is 5.54. The molecular formula is C13H10ClNO. The minimum Gasteiger partial charge on any atom is -0.356 e. The lowest BCUT2D eigenvalue weighted by Gasteiger charge is -1.95. The van der Waals surface area contributed by atoms with Gasteiger partial charge in [0, 0.05) is 29.5 Å². The third kappa shape index (κ3) is 2.65. The van der Waals surface area contributed by atoms with Crippen LogP contribution in [0, 0.1) is 11.8 Å². The highest BCUT2D eigenvalue weighted by molar-refractivity contribution is 6.18. The number of benzene rings is 1. The number of rotatable bonds is 2. The standard InChI is InChI=1S/C13H10ClNO/c14-9-2-1-3-11-4-6-12(7-5-11)13-8-10-15-16-13/h4-8,10H,2,9H2. The number of aromatic nitrogens is 1. The van der Waals surface area contributed by atoms with E-state index in [1.807, 2.05) is 30.3 Å². The smallest absolute Gasteiger partial charge is 0.166 e. The molecule has 0 radical (unpaired) electrons. The first-order valence-corrected chi connectivity index (χ1v) is 5.49. The quantitative estimate of drug-likeness (QED) is 0.585. The Morgan fingerprint density at radius 3 is 2.62 bits per heavy atom. The monoisotopic (exact) mass is 231 g/mol. The second-order valence-electron chi connectivity index (χ2n) is 3.19. The van der Waals surface area contributed by atoms with Gasteiger partial charge in [0.2, 0.25) is 0 Å². The minimum absolute atomic E-state index is 0.573. The van der Waals surface area contributed by atoms with Crippen LogP contribution in [0.1, 0.15) is 12.0 Å². The van der Waals surface area contributed by atoms with Gasteiger partial charge in [0.1, 0.15) is 0 Å².